The van der Waals surface area contributed by atoms with Crippen molar-refractivity contribution in [2.45, 2.75) is 81.4 Å². The van der Waals surface area contributed by atoms with E-state index in [0.717, 1.165) is 11.1 Å². The van der Waals surface area contributed by atoms with Gasteiger partial charge in [-0.15, -0.1) is 0 Å². The lowest BCUT2D eigenvalue weighted by molar-refractivity contribution is -0.162. The fourth-order valence-corrected chi connectivity index (χ4v) is 4.42. The molecule has 0 bridgehead atoms. The zero-order valence-corrected chi connectivity index (χ0v) is 30.0. The highest BCUT2D eigenvalue weighted by molar-refractivity contribution is 7.53. The van der Waals surface area contributed by atoms with E-state index in [1.165, 1.54) is 4.90 Å². The van der Waals surface area contributed by atoms with Crippen molar-refractivity contribution in [1.29, 1.82) is 0 Å². The molecule has 0 heterocycles. The standard InChI is InChI=1S/C32H52N3O11P/c1-10-35(30(39)42-19-25-13-15-26(16-14-25)34-27(36)24(3)33)20-41-18-23(2)12-11-17-47(40,45-21-43-28(37)31(4,5)6)46-22-44-29(38)32(7,8)9/h12-16,24H,10-11,17-22,33H2,1-9H3,(H,34,36)/b23-12+/t24-/m0/s1. The number of hydrogen-bond donors (Lipinski definition) is 2. The highest BCUT2D eigenvalue weighted by Gasteiger charge is 2.29. The summed E-state index contributed by atoms with van der Waals surface area (Å²) in [4.78, 5) is 49.8. The smallest absolute Gasteiger partial charge is 0.411 e. The van der Waals surface area contributed by atoms with E-state index in [9.17, 15) is 23.7 Å². The van der Waals surface area contributed by atoms with Gasteiger partial charge in [-0.2, -0.15) is 0 Å². The van der Waals surface area contributed by atoms with Crippen molar-refractivity contribution in [1.82, 2.24) is 4.90 Å². The van der Waals surface area contributed by atoms with E-state index in [0.29, 0.717) is 12.2 Å². The van der Waals surface area contributed by atoms with Crippen LogP contribution >= 0.6 is 7.60 Å². The number of nitrogens with zero attached hydrogens (tertiary/aromatic N) is 1. The lowest BCUT2D eigenvalue weighted by Crippen LogP contribution is -2.33. The first-order valence-electron chi connectivity index (χ1n) is 15.3. The molecule has 1 rings (SSSR count). The van der Waals surface area contributed by atoms with Gasteiger partial charge in [0, 0.05) is 12.2 Å². The van der Waals surface area contributed by atoms with E-state index in [1.807, 2.05) is 0 Å². The van der Waals surface area contributed by atoms with E-state index in [4.69, 9.17) is 33.7 Å². The van der Waals surface area contributed by atoms with Crippen LogP contribution in [0.2, 0.25) is 0 Å². The molecule has 15 heteroatoms. The number of rotatable bonds is 18. The molecule has 14 nitrogen and oxygen atoms in total. The summed E-state index contributed by atoms with van der Waals surface area (Å²) in [5, 5.41) is 2.69. The number of allylic oxidation sites excluding steroid dienone is 1. The number of hydrogen-bond acceptors (Lipinski definition) is 12. The summed E-state index contributed by atoms with van der Waals surface area (Å²) in [7, 11) is -3.83. The van der Waals surface area contributed by atoms with Gasteiger partial charge < -0.3 is 30.0 Å². The lowest BCUT2D eigenvalue weighted by Gasteiger charge is -2.22. The van der Waals surface area contributed by atoms with Gasteiger partial charge in [0.25, 0.3) is 0 Å². The van der Waals surface area contributed by atoms with Gasteiger partial charge in [0.15, 0.2) is 0 Å². The van der Waals surface area contributed by atoms with E-state index >= 15 is 0 Å². The Morgan fingerprint density at radius 3 is 1.94 bits per heavy atom. The number of benzene rings is 1. The molecule has 0 aromatic heterocycles. The van der Waals surface area contributed by atoms with Crippen molar-refractivity contribution >= 4 is 37.2 Å². The fourth-order valence-electron chi connectivity index (χ4n) is 3.21. The molecule has 0 unspecified atom stereocenters. The summed E-state index contributed by atoms with van der Waals surface area (Å²) in [6, 6.07) is 6.22. The van der Waals surface area contributed by atoms with Gasteiger partial charge in [-0.05, 0) is 86.4 Å². The molecular weight excluding hydrogens is 633 g/mol. The molecule has 1 aromatic carbocycles. The zero-order valence-electron chi connectivity index (χ0n) is 29.1. The topological polar surface area (TPSA) is 182 Å². The molecule has 47 heavy (non-hydrogen) atoms. The van der Waals surface area contributed by atoms with E-state index in [2.05, 4.69) is 5.32 Å². The minimum atomic E-state index is -3.83. The Kier molecular flexibility index (Phi) is 17.3. The normalized spacial score (nSPS) is 13.0. The summed E-state index contributed by atoms with van der Waals surface area (Å²) < 4.78 is 45.2. The highest BCUT2D eigenvalue weighted by Crippen LogP contribution is 2.49. The SMILES string of the molecule is CCN(COC/C(C)=C/CCP(=O)(OCOC(=O)C(C)(C)C)OCOC(=O)C(C)(C)C)C(=O)OCc1ccc(NC(=O)[C@H](C)N)cc1. The van der Waals surface area contributed by atoms with E-state index in [-0.39, 0.29) is 38.4 Å². The predicted octanol–water partition coefficient (Wildman–Crippen LogP) is 5.56. The Bertz CT molecular complexity index is 1220. The minimum Gasteiger partial charge on any atom is -0.444 e. The molecule has 2 amide bonds. The average molecular weight is 686 g/mol. The van der Waals surface area contributed by atoms with Crippen molar-refractivity contribution in [2.75, 3.05) is 44.9 Å². The number of anilines is 1. The zero-order chi connectivity index (χ0) is 35.8. The monoisotopic (exact) mass is 685 g/mol. The number of amides is 2. The molecule has 266 valence electrons. The second-order valence-electron chi connectivity index (χ2n) is 12.9. The molecule has 0 aliphatic carbocycles. The number of carbonyl (C=O) groups excluding carboxylic acids is 4. The van der Waals surface area contributed by atoms with Gasteiger partial charge in [-0.25, -0.2) is 4.79 Å². The van der Waals surface area contributed by atoms with Crippen LogP contribution in [0.4, 0.5) is 10.5 Å². The Hall–Kier alpha value is -3.29. The van der Waals surface area contributed by atoms with Gasteiger partial charge >= 0.3 is 25.6 Å². The molecular formula is C32H52N3O11P. The van der Waals surface area contributed by atoms with Crippen LogP contribution in [0.25, 0.3) is 0 Å². The van der Waals surface area contributed by atoms with Crippen molar-refractivity contribution in [3.05, 3.63) is 41.5 Å². The third-order valence-electron chi connectivity index (χ3n) is 6.21. The molecule has 0 radical (unpaired) electrons. The highest BCUT2D eigenvalue weighted by atomic mass is 31.2. The lowest BCUT2D eigenvalue weighted by atomic mass is 9.98. The van der Waals surface area contributed by atoms with Crippen molar-refractivity contribution < 1.29 is 51.7 Å². The molecule has 0 aliphatic rings. The van der Waals surface area contributed by atoms with E-state index < -0.39 is 56.1 Å². The van der Waals surface area contributed by atoms with E-state index in [1.54, 1.807) is 92.7 Å². The fraction of sp³-hybridized carbons (Fsp3) is 0.625. The second-order valence-corrected chi connectivity index (χ2v) is 15.1. The molecule has 1 atom stereocenters. The largest absolute Gasteiger partial charge is 0.444 e. The number of nitrogens with two attached hydrogens (primary N) is 1. The Balaban J connectivity index is 2.61. The first-order chi connectivity index (χ1) is 21.8. The van der Waals surface area contributed by atoms with Crippen molar-refractivity contribution in [2.24, 2.45) is 16.6 Å². The summed E-state index contributed by atoms with van der Waals surface area (Å²) in [6.07, 6.45) is 1.38. The maximum atomic E-state index is 13.4. The van der Waals surface area contributed by atoms with Gasteiger partial charge in [0.05, 0.1) is 29.6 Å². The minimum absolute atomic E-state index is 0.0221. The number of carbonyl (C=O) groups is 4. The second kappa shape index (κ2) is 19.5. The van der Waals surface area contributed by atoms with Crippen molar-refractivity contribution in [3.63, 3.8) is 0 Å². The predicted molar refractivity (Wildman–Crippen MR) is 176 cm³/mol. The summed E-state index contributed by atoms with van der Waals surface area (Å²) in [5.74, 6) is -1.39. The first kappa shape index (κ1) is 41.7. The third kappa shape index (κ3) is 16.9. The third-order valence-corrected chi connectivity index (χ3v) is 8.02. The molecule has 1 aromatic rings. The Morgan fingerprint density at radius 2 is 1.47 bits per heavy atom. The summed E-state index contributed by atoms with van der Waals surface area (Å²) >= 11 is 0. The number of ether oxygens (including phenoxy) is 4. The quantitative estimate of drug-likeness (QED) is 0.0646. The average Bonchev–Trinajstić information content (AvgIpc) is 2.97. The Morgan fingerprint density at radius 1 is 0.936 bits per heavy atom. The van der Waals surface area contributed by atoms with Gasteiger partial charge in [-0.1, -0.05) is 23.8 Å². The molecule has 0 spiro atoms. The van der Waals surface area contributed by atoms with Crippen LogP contribution in [-0.2, 0) is 53.6 Å². The number of esters is 2. The van der Waals surface area contributed by atoms with Gasteiger partial charge in [-0.3, -0.25) is 32.9 Å². The molecule has 0 aliphatic heterocycles. The number of nitrogens with one attached hydrogen (secondary N) is 1. The van der Waals surface area contributed by atoms with Crippen LogP contribution in [0, 0.1) is 10.8 Å². The maximum Gasteiger partial charge on any atom is 0.411 e. The maximum absolute atomic E-state index is 13.4. The Labute approximate surface area is 278 Å². The van der Waals surface area contributed by atoms with Crippen LogP contribution in [0.3, 0.4) is 0 Å². The first-order valence-corrected chi connectivity index (χ1v) is 17.0. The van der Waals surface area contributed by atoms with Crippen LogP contribution in [0.5, 0.6) is 0 Å². The molecule has 3 N–H and O–H groups in total. The summed E-state index contributed by atoms with van der Waals surface area (Å²) in [5.41, 5.74) is 6.10. The van der Waals surface area contributed by atoms with Crippen LogP contribution in [-0.4, -0.2) is 74.5 Å². The van der Waals surface area contributed by atoms with Crippen molar-refractivity contribution in [3.8, 4) is 0 Å². The van der Waals surface area contributed by atoms with Gasteiger partial charge in [0.2, 0.25) is 19.5 Å². The summed E-state index contributed by atoms with van der Waals surface area (Å²) in [6.45, 7) is 14.6. The van der Waals surface area contributed by atoms with Crippen LogP contribution in [0.1, 0.15) is 74.3 Å². The van der Waals surface area contributed by atoms with Gasteiger partial charge in [0.1, 0.15) is 13.3 Å². The molecule has 0 saturated carbocycles. The van der Waals surface area contributed by atoms with Crippen LogP contribution in [0.15, 0.2) is 35.9 Å². The molecule has 0 saturated heterocycles. The molecule has 0 fully saturated rings. The van der Waals surface area contributed by atoms with Crippen LogP contribution < -0.4 is 11.1 Å².